The van der Waals surface area contributed by atoms with Gasteiger partial charge in [-0.25, -0.2) is 15.0 Å². The number of amides is 1. The van der Waals surface area contributed by atoms with Gasteiger partial charge in [-0.3, -0.25) is 4.79 Å². The van der Waals surface area contributed by atoms with Crippen LogP contribution in [0.1, 0.15) is 15.9 Å². The van der Waals surface area contributed by atoms with Crippen LogP contribution < -0.4 is 11.5 Å². The Morgan fingerprint density at radius 1 is 1.24 bits per heavy atom. The first-order valence-corrected chi connectivity index (χ1v) is 4.92. The number of nitrogen functional groups attached to an aromatic ring is 1. The van der Waals surface area contributed by atoms with Gasteiger partial charge in [-0.2, -0.15) is 0 Å². The van der Waals surface area contributed by atoms with Crippen LogP contribution in [0.2, 0.25) is 0 Å². The monoisotopic (exact) mass is 229 g/mol. The lowest BCUT2D eigenvalue weighted by molar-refractivity contribution is 0.1000. The van der Waals surface area contributed by atoms with Gasteiger partial charge in [0.05, 0.1) is 0 Å². The molecule has 0 bridgehead atoms. The molecule has 0 aliphatic heterocycles. The van der Waals surface area contributed by atoms with Gasteiger partial charge in [-0.1, -0.05) is 0 Å². The molecule has 86 valence electrons. The van der Waals surface area contributed by atoms with Crippen molar-refractivity contribution in [1.82, 2.24) is 15.0 Å². The molecule has 0 atom stereocenters. The molecule has 0 aliphatic carbocycles. The summed E-state index contributed by atoms with van der Waals surface area (Å²) in [5, 5.41) is 0. The van der Waals surface area contributed by atoms with Crippen molar-refractivity contribution in [1.29, 1.82) is 0 Å². The lowest BCUT2D eigenvalue weighted by atomic mass is 10.0. The van der Waals surface area contributed by atoms with E-state index in [1.54, 1.807) is 19.1 Å². The molecule has 1 amide bonds. The van der Waals surface area contributed by atoms with Gasteiger partial charge < -0.3 is 11.5 Å². The van der Waals surface area contributed by atoms with Gasteiger partial charge in [-0.05, 0) is 24.6 Å². The number of benzene rings is 1. The van der Waals surface area contributed by atoms with Crippen molar-refractivity contribution in [3.63, 3.8) is 0 Å². The fourth-order valence-electron chi connectivity index (χ4n) is 1.57. The Labute approximate surface area is 97.7 Å². The SMILES string of the molecule is Cc1c(C(N)=O)ccc(-c2ncncn2)c1N. The summed E-state index contributed by atoms with van der Waals surface area (Å²) in [5.74, 6) is -0.0342. The summed E-state index contributed by atoms with van der Waals surface area (Å²) in [5.41, 5.74) is 13.3. The van der Waals surface area contributed by atoms with E-state index >= 15 is 0 Å². The van der Waals surface area contributed by atoms with Crippen molar-refractivity contribution < 1.29 is 4.79 Å². The summed E-state index contributed by atoms with van der Waals surface area (Å²) in [6.45, 7) is 1.74. The number of anilines is 1. The van der Waals surface area contributed by atoms with E-state index in [4.69, 9.17) is 11.5 Å². The number of carbonyl (C=O) groups is 1. The summed E-state index contributed by atoms with van der Waals surface area (Å²) in [4.78, 5) is 22.9. The van der Waals surface area contributed by atoms with Gasteiger partial charge >= 0.3 is 0 Å². The molecule has 2 rings (SSSR count). The topological polar surface area (TPSA) is 108 Å². The molecule has 0 radical (unpaired) electrons. The Balaban J connectivity index is 2.60. The maximum atomic E-state index is 11.1. The summed E-state index contributed by atoms with van der Waals surface area (Å²) in [7, 11) is 0. The van der Waals surface area contributed by atoms with Crippen LogP contribution in [0, 0.1) is 6.92 Å². The molecule has 0 unspecified atom stereocenters. The molecule has 1 heterocycles. The molecule has 1 aromatic heterocycles. The highest BCUT2D eigenvalue weighted by atomic mass is 16.1. The third kappa shape index (κ3) is 1.92. The van der Waals surface area contributed by atoms with Crippen molar-refractivity contribution in [2.24, 2.45) is 5.73 Å². The normalized spacial score (nSPS) is 10.2. The van der Waals surface area contributed by atoms with Crippen LogP contribution in [0.3, 0.4) is 0 Å². The zero-order chi connectivity index (χ0) is 12.4. The molecule has 2 aromatic rings. The number of rotatable bonds is 2. The van der Waals surface area contributed by atoms with Crippen molar-refractivity contribution in [3.05, 3.63) is 35.9 Å². The first-order valence-electron chi connectivity index (χ1n) is 4.92. The van der Waals surface area contributed by atoms with E-state index in [9.17, 15) is 4.79 Å². The third-order valence-electron chi connectivity index (χ3n) is 2.51. The second-order valence-corrected chi connectivity index (χ2v) is 3.53. The number of primary amides is 1. The van der Waals surface area contributed by atoms with Gasteiger partial charge in [0.1, 0.15) is 12.7 Å². The molecule has 6 nitrogen and oxygen atoms in total. The number of hydrogen-bond donors (Lipinski definition) is 2. The van der Waals surface area contributed by atoms with Gasteiger partial charge in [0, 0.05) is 16.8 Å². The van der Waals surface area contributed by atoms with Crippen molar-refractivity contribution in [2.75, 3.05) is 5.73 Å². The molecule has 0 spiro atoms. The maximum absolute atomic E-state index is 11.1. The quantitative estimate of drug-likeness (QED) is 0.730. The highest BCUT2D eigenvalue weighted by Gasteiger charge is 2.13. The summed E-state index contributed by atoms with van der Waals surface area (Å²) < 4.78 is 0. The Morgan fingerprint density at radius 3 is 2.47 bits per heavy atom. The number of nitrogens with zero attached hydrogens (tertiary/aromatic N) is 3. The fraction of sp³-hybridized carbons (Fsp3) is 0.0909. The first-order chi connectivity index (χ1) is 8.11. The van der Waals surface area contributed by atoms with Crippen LogP contribution in [0.15, 0.2) is 24.8 Å². The van der Waals surface area contributed by atoms with E-state index < -0.39 is 5.91 Å². The molecule has 0 saturated heterocycles. The Kier molecular flexibility index (Phi) is 2.70. The summed E-state index contributed by atoms with van der Waals surface area (Å²) in [6, 6.07) is 3.30. The molecule has 0 fully saturated rings. The van der Waals surface area contributed by atoms with E-state index in [0.717, 1.165) is 0 Å². The van der Waals surface area contributed by atoms with Crippen LogP contribution in [-0.4, -0.2) is 20.9 Å². The summed E-state index contributed by atoms with van der Waals surface area (Å²) in [6.07, 6.45) is 2.78. The average molecular weight is 229 g/mol. The third-order valence-corrected chi connectivity index (χ3v) is 2.51. The minimum Gasteiger partial charge on any atom is -0.398 e. The highest BCUT2D eigenvalue weighted by Crippen LogP contribution is 2.27. The van der Waals surface area contributed by atoms with Gasteiger partial charge in [0.2, 0.25) is 5.91 Å². The van der Waals surface area contributed by atoms with Crippen LogP contribution in [-0.2, 0) is 0 Å². The lowest BCUT2D eigenvalue weighted by Crippen LogP contribution is -2.14. The van der Waals surface area contributed by atoms with Gasteiger partial charge in [0.25, 0.3) is 0 Å². The predicted octanol–water partition coefficient (Wildman–Crippen LogP) is 0.528. The Morgan fingerprint density at radius 2 is 1.88 bits per heavy atom. The second kappa shape index (κ2) is 4.17. The molecule has 17 heavy (non-hydrogen) atoms. The number of hydrogen-bond acceptors (Lipinski definition) is 5. The standard InChI is InChI=1S/C11H11N5O/c1-6-7(10(13)17)2-3-8(9(6)12)11-15-4-14-5-16-11/h2-5H,12H2,1H3,(H2,13,17). The van der Waals surface area contributed by atoms with E-state index in [2.05, 4.69) is 15.0 Å². The van der Waals surface area contributed by atoms with Crippen LogP contribution >= 0.6 is 0 Å². The zero-order valence-electron chi connectivity index (χ0n) is 9.21. The summed E-state index contributed by atoms with van der Waals surface area (Å²) >= 11 is 0. The minimum absolute atomic E-state index is 0.403. The van der Waals surface area contributed by atoms with E-state index in [1.165, 1.54) is 12.7 Å². The molecular weight excluding hydrogens is 218 g/mol. The van der Waals surface area contributed by atoms with Crippen LogP contribution in [0.5, 0.6) is 0 Å². The molecular formula is C11H11N5O. The Hall–Kier alpha value is -2.50. The van der Waals surface area contributed by atoms with Gasteiger partial charge in [-0.15, -0.1) is 0 Å². The first kappa shape index (κ1) is 11.0. The molecule has 0 aliphatic rings. The lowest BCUT2D eigenvalue weighted by Gasteiger charge is -2.09. The van der Waals surface area contributed by atoms with Crippen molar-refractivity contribution >= 4 is 11.6 Å². The van der Waals surface area contributed by atoms with Crippen LogP contribution in [0.25, 0.3) is 11.4 Å². The predicted molar refractivity (Wildman–Crippen MR) is 62.9 cm³/mol. The number of aromatic nitrogens is 3. The molecule has 0 saturated carbocycles. The minimum atomic E-state index is -0.503. The van der Waals surface area contributed by atoms with Crippen LogP contribution in [0.4, 0.5) is 5.69 Å². The molecule has 1 aromatic carbocycles. The second-order valence-electron chi connectivity index (χ2n) is 3.53. The van der Waals surface area contributed by atoms with Gasteiger partial charge in [0.15, 0.2) is 5.82 Å². The van der Waals surface area contributed by atoms with Crippen molar-refractivity contribution in [3.8, 4) is 11.4 Å². The maximum Gasteiger partial charge on any atom is 0.249 e. The Bertz CT molecular complexity index is 568. The molecule has 4 N–H and O–H groups in total. The molecule has 6 heteroatoms. The largest absolute Gasteiger partial charge is 0.398 e. The smallest absolute Gasteiger partial charge is 0.249 e. The van der Waals surface area contributed by atoms with E-state index in [-0.39, 0.29) is 0 Å². The number of nitrogens with two attached hydrogens (primary N) is 2. The zero-order valence-corrected chi connectivity index (χ0v) is 9.21. The fourth-order valence-corrected chi connectivity index (χ4v) is 1.57. The van der Waals surface area contributed by atoms with E-state index in [0.29, 0.717) is 28.2 Å². The van der Waals surface area contributed by atoms with Crippen molar-refractivity contribution in [2.45, 2.75) is 6.92 Å². The van der Waals surface area contributed by atoms with E-state index in [1.807, 2.05) is 0 Å². The average Bonchev–Trinajstić information content (AvgIpc) is 2.33. The number of carbonyl (C=O) groups excluding carboxylic acids is 1. The highest BCUT2D eigenvalue weighted by molar-refractivity contribution is 5.97.